The number of benzene rings is 3. The maximum absolute atomic E-state index is 4.87. The predicted octanol–water partition coefficient (Wildman–Crippen LogP) is 5.93. The fourth-order valence-corrected chi connectivity index (χ4v) is 8.00. The van der Waals surface area contributed by atoms with Crippen LogP contribution in [-0.4, -0.2) is 12.8 Å². The van der Waals surface area contributed by atoms with Gasteiger partial charge < -0.3 is 5.32 Å². The Morgan fingerprint density at radius 1 is 0.778 bits per heavy atom. The molecule has 0 saturated heterocycles. The summed E-state index contributed by atoms with van der Waals surface area (Å²) in [6, 6.07) is 32.7. The molecule has 0 aliphatic carbocycles. The summed E-state index contributed by atoms with van der Waals surface area (Å²) in [5.74, 6) is 2.45. The van der Waals surface area contributed by atoms with E-state index in [1.165, 1.54) is 15.9 Å². The fraction of sp³-hybridized carbons (Fsp3) is 0.167. The van der Waals surface area contributed by atoms with E-state index in [4.69, 9.17) is 5.32 Å². The Kier molecular flexibility index (Phi) is 7.15. The molecular weight excluding hydrogens is 365 g/mol. The molecule has 1 nitrogen and oxygen atoms in total. The molecule has 0 aliphatic heterocycles. The quantitative estimate of drug-likeness (QED) is 0.434. The second-order valence-electron chi connectivity index (χ2n) is 6.28. The van der Waals surface area contributed by atoms with Crippen LogP contribution in [0.1, 0.15) is 13.3 Å². The predicted molar refractivity (Wildman–Crippen MR) is 125 cm³/mol. The summed E-state index contributed by atoms with van der Waals surface area (Å²) >= 11 is 1.74. The van der Waals surface area contributed by atoms with E-state index in [1.807, 2.05) is 0 Å². The molecule has 0 saturated carbocycles. The number of hydrogen-bond donors (Lipinski definition) is 0. The molecule has 3 rings (SSSR count). The normalized spacial score (nSPS) is 12.0. The van der Waals surface area contributed by atoms with Crippen LogP contribution >= 0.6 is 19.0 Å². The molecule has 138 valence electrons. The van der Waals surface area contributed by atoms with Gasteiger partial charge >= 0.3 is 0 Å². The third-order valence-corrected chi connectivity index (χ3v) is 9.30. The Hall–Kier alpha value is -2.02. The van der Waals surface area contributed by atoms with Crippen molar-refractivity contribution < 1.29 is 0 Å². The van der Waals surface area contributed by atoms with Gasteiger partial charge in [-0.05, 0) is 42.7 Å². The van der Waals surface area contributed by atoms with Gasteiger partial charge in [-0.1, -0.05) is 73.0 Å². The lowest BCUT2D eigenvalue weighted by atomic mass is 10.4. The van der Waals surface area contributed by atoms with Crippen LogP contribution in [0.15, 0.2) is 102 Å². The number of rotatable bonds is 8. The first kappa shape index (κ1) is 19.7. The van der Waals surface area contributed by atoms with Gasteiger partial charge in [0.05, 0.1) is 5.82 Å². The molecule has 0 atom stereocenters. The van der Waals surface area contributed by atoms with Crippen LogP contribution in [0.5, 0.6) is 0 Å². The van der Waals surface area contributed by atoms with Crippen molar-refractivity contribution in [3.05, 3.63) is 107 Å². The zero-order valence-corrected chi connectivity index (χ0v) is 17.7. The van der Waals surface area contributed by atoms with E-state index < -0.39 is 7.26 Å². The minimum atomic E-state index is -1.94. The highest BCUT2D eigenvalue weighted by Crippen LogP contribution is 2.58. The molecule has 0 radical (unpaired) electrons. The topological polar surface area (TPSA) is 14.1 Å². The smallest absolute Gasteiger partial charge is 0.136 e. The maximum atomic E-state index is 4.87. The van der Waals surface area contributed by atoms with Gasteiger partial charge in [-0.2, -0.15) is 11.8 Å². The van der Waals surface area contributed by atoms with E-state index in [-0.39, 0.29) is 0 Å². The molecule has 0 spiro atoms. The van der Waals surface area contributed by atoms with Gasteiger partial charge in [0, 0.05) is 0 Å². The van der Waals surface area contributed by atoms with Crippen LogP contribution in [0.25, 0.3) is 5.32 Å². The minimum absolute atomic E-state index is 0.866. The Balaban J connectivity index is 2.31. The van der Waals surface area contributed by atoms with Gasteiger partial charge in [0.1, 0.15) is 23.2 Å². The monoisotopic (exact) mass is 391 g/mol. The summed E-state index contributed by atoms with van der Waals surface area (Å²) in [6.07, 6.45) is 3.19. The molecule has 0 bridgehead atoms. The first-order chi connectivity index (χ1) is 13.3. The molecular formula is C24H26NPS. The third kappa shape index (κ3) is 4.46. The Bertz CT molecular complexity index is 751. The molecule has 0 aliphatic rings. The summed E-state index contributed by atoms with van der Waals surface area (Å²) in [5.41, 5.74) is 0. The van der Waals surface area contributed by atoms with Crippen molar-refractivity contribution in [2.24, 2.45) is 0 Å². The number of hydrogen-bond acceptors (Lipinski definition) is 1. The van der Waals surface area contributed by atoms with Crippen molar-refractivity contribution in [3.63, 3.8) is 0 Å². The van der Waals surface area contributed by atoms with E-state index in [0.717, 1.165) is 18.0 Å². The standard InChI is InChI=1S/C24H26NPS/c1-3-19-25-24(27-2)20-26(21-13-7-4-8-14-21,22-15-9-5-10-16-22)23-17-11-6-12-18-23/h4-18,20H,3,19H2,1-2H3/b24-20+. The van der Waals surface area contributed by atoms with E-state index in [0.29, 0.717) is 0 Å². The van der Waals surface area contributed by atoms with E-state index in [2.05, 4.69) is 110 Å². The Morgan fingerprint density at radius 3 is 1.52 bits per heavy atom. The largest absolute Gasteiger partial charge is 0.676 e. The summed E-state index contributed by atoms with van der Waals surface area (Å²) in [4.78, 5) is 0. The Morgan fingerprint density at radius 2 is 1.19 bits per heavy atom. The van der Waals surface area contributed by atoms with Crippen molar-refractivity contribution in [3.8, 4) is 0 Å². The highest BCUT2D eigenvalue weighted by molar-refractivity contribution is 8.04. The van der Waals surface area contributed by atoms with E-state index in [1.54, 1.807) is 11.8 Å². The highest BCUT2D eigenvalue weighted by atomic mass is 32.2. The average Bonchev–Trinajstić information content (AvgIpc) is 2.76. The third-order valence-electron chi connectivity index (χ3n) is 4.49. The van der Waals surface area contributed by atoms with Crippen LogP contribution in [0.4, 0.5) is 0 Å². The Labute approximate surface area is 168 Å². The summed E-state index contributed by atoms with van der Waals surface area (Å²) in [6.45, 7) is 3.04. The van der Waals surface area contributed by atoms with Crippen molar-refractivity contribution in [2.45, 2.75) is 13.3 Å². The summed E-state index contributed by atoms with van der Waals surface area (Å²) < 4.78 is 0. The fourth-order valence-electron chi connectivity index (χ4n) is 3.21. The highest BCUT2D eigenvalue weighted by Gasteiger charge is 2.43. The van der Waals surface area contributed by atoms with Gasteiger partial charge in [0.15, 0.2) is 0 Å². The second-order valence-corrected chi connectivity index (χ2v) is 10.4. The molecule has 0 aromatic heterocycles. The lowest BCUT2D eigenvalue weighted by Gasteiger charge is -2.29. The van der Waals surface area contributed by atoms with Crippen LogP contribution in [0.3, 0.4) is 0 Å². The van der Waals surface area contributed by atoms with Crippen molar-refractivity contribution in [1.29, 1.82) is 0 Å². The molecule has 0 amide bonds. The summed E-state index contributed by atoms with van der Waals surface area (Å²) in [5, 5.41) is 10.1. The number of nitrogens with zero attached hydrogens (tertiary/aromatic N) is 1. The molecule has 27 heavy (non-hydrogen) atoms. The SMILES string of the molecule is CCC[N-]/C(=C\[P+](c1ccccc1)(c1ccccc1)c1ccccc1)SC. The average molecular weight is 392 g/mol. The zero-order valence-electron chi connectivity index (χ0n) is 16.0. The maximum Gasteiger partial charge on any atom is 0.136 e. The van der Waals surface area contributed by atoms with Gasteiger partial charge in [0.2, 0.25) is 0 Å². The lowest BCUT2D eigenvalue weighted by molar-refractivity contribution is 1.01. The van der Waals surface area contributed by atoms with Crippen molar-refractivity contribution in [2.75, 3.05) is 12.8 Å². The minimum Gasteiger partial charge on any atom is -0.676 e. The van der Waals surface area contributed by atoms with Crippen LogP contribution < -0.4 is 15.9 Å². The molecule has 3 heteroatoms. The van der Waals surface area contributed by atoms with Crippen molar-refractivity contribution >= 4 is 34.9 Å². The first-order valence-corrected chi connectivity index (χ1v) is 12.4. The van der Waals surface area contributed by atoms with Gasteiger partial charge in [-0.15, -0.1) is 6.54 Å². The molecule has 3 aromatic rings. The molecule has 0 heterocycles. The first-order valence-electron chi connectivity index (χ1n) is 9.31. The van der Waals surface area contributed by atoms with Gasteiger partial charge in [-0.3, -0.25) is 0 Å². The van der Waals surface area contributed by atoms with E-state index in [9.17, 15) is 0 Å². The lowest BCUT2D eigenvalue weighted by Crippen LogP contribution is -2.29. The number of thioether (sulfide) groups is 1. The van der Waals surface area contributed by atoms with Gasteiger partial charge in [0.25, 0.3) is 0 Å². The van der Waals surface area contributed by atoms with Gasteiger partial charge in [-0.25, -0.2) is 0 Å². The second kappa shape index (κ2) is 9.78. The summed E-state index contributed by atoms with van der Waals surface area (Å²) in [7, 11) is -1.94. The zero-order chi connectivity index (χ0) is 19.0. The molecule has 0 N–H and O–H groups in total. The molecule has 3 aromatic carbocycles. The van der Waals surface area contributed by atoms with E-state index >= 15 is 0 Å². The van der Waals surface area contributed by atoms with Crippen LogP contribution in [-0.2, 0) is 0 Å². The van der Waals surface area contributed by atoms with Crippen LogP contribution in [0, 0.1) is 0 Å². The molecule has 0 fully saturated rings. The molecule has 0 unspecified atom stereocenters. The van der Waals surface area contributed by atoms with Crippen molar-refractivity contribution in [1.82, 2.24) is 0 Å². The van der Waals surface area contributed by atoms with Crippen LogP contribution in [0.2, 0.25) is 0 Å².